The van der Waals surface area contributed by atoms with Crippen LogP contribution in [0.25, 0.3) is 0 Å². The predicted octanol–water partition coefficient (Wildman–Crippen LogP) is -7.91. The minimum atomic E-state index is -4.67. The molecule has 0 spiro atoms. The average molecular weight is 523 g/mol. The monoisotopic (exact) mass is 520 g/mol. The van der Waals surface area contributed by atoms with E-state index in [1.54, 1.807) is 0 Å². The van der Waals surface area contributed by atoms with E-state index in [2.05, 4.69) is 0 Å². The Hall–Kier alpha value is 1.19. The van der Waals surface area contributed by atoms with E-state index in [0.29, 0.717) is 0 Å². The third kappa shape index (κ3) is 4510. The fourth-order valence-electron chi connectivity index (χ4n) is 0. The van der Waals surface area contributed by atoms with Crippen molar-refractivity contribution in [3.8, 4) is 0 Å². The topological polar surface area (TPSA) is 401 Å². The van der Waals surface area contributed by atoms with Crippen molar-refractivity contribution in [3.63, 3.8) is 0 Å². The van der Waals surface area contributed by atoms with E-state index in [-0.39, 0.29) is 96.2 Å². The van der Waals surface area contributed by atoms with Gasteiger partial charge in [-0.25, -0.2) is 0 Å². The van der Waals surface area contributed by atoms with Gasteiger partial charge in [0, 0.05) is 52.4 Å². The van der Waals surface area contributed by atoms with Crippen molar-refractivity contribution >= 4 is 20.8 Å². The molecule has 20 heavy (non-hydrogen) atoms. The van der Waals surface area contributed by atoms with Gasteiger partial charge >= 0.3 is 20.8 Å². The Kier molecular flexibility index (Phi) is 219. The van der Waals surface area contributed by atoms with Gasteiger partial charge in [-0.15, -0.1) is 0 Å². The maximum absolute atomic E-state index is 8.74. The Morgan fingerprint density at radius 3 is 0.400 bits per heavy atom. The quantitative estimate of drug-likeness (QED) is 0.220. The fraction of sp³-hybridized carbons (Fsp3) is 0. The first-order valence-corrected chi connectivity index (χ1v) is 4.19. The molecule has 0 rings (SSSR count). The second-order valence-electron chi connectivity index (χ2n) is 0.896. The van der Waals surface area contributed by atoms with E-state index in [0.717, 1.165) is 0 Å². The van der Waals surface area contributed by atoms with Crippen molar-refractivity contribution in [2.24, 2.45) is 0 Å². The van der Waals surface area contributed by atoms with Gasteiger partial charge in [-0.3, -0.25) is 18.2 Å². The zero-order valence-corrected chi connectivity index (χ0v) is 15.8. The molecule has 136 valence electrons. The summed E-state index contributed by atoms with van der Waals surface area (Å²) < 4.78 is 63.2. The number of rotatable bonds is 0. The summed E-state index contributed by atoms with van der Waals surface area (Å²) in [6, 6.07) is 0. The number of hydrogen-bond donors (Lipinski definition) is 4. The van der Waals surface area contributed by atoms with Crippen LogP contribution >= 0.6 is 0 Å². The van der Waals surface area contributed by atoms with E-state index in [4.69, 9.17) is 35.0 Å². The molecule has 0 aliphatic rings. The standard InChI is InChI=1S/2H2O4S.8H2O.2Zr/c2*1-5(2,3)4;;;;;;;;;;/h2*(H2,1,2,3,4);8*1H2;;. The second-order valence-corrected chi connectivity index (χ2v) is 2.69. The van der Waals surface area contributed by atoms with Crippen LogP contribution in [0.1, 0.15) is 0 Å². The first-order valence-electron chi connectivity index (χ1n) is 1.40. The first kappa shape index (κ1) is 102. The van der Waals surface area contributed by atoms with Crippen LogP contribution < -0.4 is 0 Å². The van der Waals surface area contributed by atoms with Crippen molar-refractivity contribution in [1.82, 2.24) is 0 Å². The van der Waals surface area contributed by atoms with Gasteiger partial charge in [-0.05, 0) is 0 Å². The minimum Gasteiger partial charge on any atom is -0.412 e. The summed E-state index contributed by atoms with van der Waals surface area (Å²) in [6.07, 6.45) is 0. The van der Waals surface area contributed by atoms with Crippen molar-refractivity contribution in [2.45, 2.75) is 0 Å². The normalized spacial score (nSPS) is 5.80. The molecule has 0 aromatic heterocycles. The Morgan fingerprint density at radius 2 is 0.400 bits per heavy atom. The third-order valence-corrected chi connectivity index (χ3v) is 0. The molecule has 0 radical (unpaired) electrons. The molecule has 0 heterocycles. The molecule has 0 aliphatic heterocycles. The summed E-state index contributed by atoms with van der Waals surface area (Å²) in [7, 11) is -9.33. The van der Waals surface area contributed by atoms with Gasteiger partial charge in [0.05, 0.1) is 0 Å². The molecular formula is H20O16S2Zr2. The molecule has 0 amide bonds. The van der Waals surface area contributed by atoms with Crippen LogP contribution in [0, 0.1) is 0 Å². The van der Waals surface area contributed by atoms with Crippen molar-refractivity contribution in [1.29, 1.82) is 0 Å². The van der Waals surface area contributed by atoms with E-state index in [1.807, 2.05) is 0 Å². The van der Waals surface area contributed by atoms with Crippen LogP contribution in [-0.4, -0.2) is 78.9 Å². The largest absolute Gasteiger partial charge is 0.412 e. The van der Waals surface area contributed by atoms with E-state index >= 15 is 0 Å². The molecule has 0 unspecified atom stereocenters. The molecule has 0 aromatic rings. The predicted molar refractivity (Wildman–Crippen MR) is 57.3 cm³/mol. The maximum atomic E-state index is 8.74. The molecule has 0 saturated carbocycles. The van der Waals surface area contributed by atoms with Crippen LogP contribution in [0.15, 0.2) is 0 Å². The second kappa shape index (κ2) is 42.7. The van der Waals surface area contributed by atoms with Crippen LogP contribution in [0.2, 0.25) is 0 Å². The van der Waals surface area contributed by atoms with Gasteiger partial charge < -0.3 is 43.8 Å². The molecule has 0 fully saturated rings. The Bertz CT molecular complexity index is 215. The molecule has 0 aliphatic carbocycles. The average Bonchev–Trinajstić information content (AvgIpc) is 1.12. The van der Waals surface area contributed by atoms with Crippen molar-refractivity contribution < 1.29 is 131 Å². The molecule has 0 aromatic carbocycles. The van der Waals surface area contributed by atoms with Gasteiger partial charge in [0.15, 0.2) is 0 Å². The minimum absolute atomic E-state index is 0. The Morgan fingerprint density at radius 1 is 0.400 bits per heavy atom. The smallest absolute Gasteiger partial charge is 0.394 e. The van der Waals surface area contributed by atoms with E-state index < -0.39 is 20.8 Å². The SMILES string of the molecule is O.O.O.O.O.O.O.O.O=S(=O)(O)O.O=S(=O)(O)O.[Zr].[Zr]. The van der Waals surface area contributed by atoms with Crippen LogP contribution in [-0.2, 0) is 73.2 Å². The Labute approximate surface area is 151 Å². The zero-order valence-electron chi connectivity index (χ0n) is 9.24. The summed E-state index contributed by atoms with van der Waals surface area (Å²) >= 11 is 0. The summed E-state index contributed by atoms with van der Waals surface area (Å²) in [4.78, 5) is 0. The fourth-order valence-corrected chi connectivity index (χ4v) is 0. The van der Waals surface area contributed by atoms with Gasteiger partial charge in [0.2, 0.25) is 0 Å². The summed E-state index contributed by atoms with van der Waals surface area (Å²) in [6.45, 7) is 0. The van der Waals surface area contributed by atoms with Gasteiger partial charge in [-0.2, -0.15) is 16.8 Å². The van der Waals surface area contributed by atoms with E-state index in [1.165, 1.54) is 0 Å². The Balaban J connectivity index is -0.00000000427. The summed E-state index contributed by atoms with van der Waals surface area (Å²) in [5.74, 6) is 0. The van der Waals surface area contributed by atoms with E-state index in [9.17, 15) is 0 Å². The van der Waals surface area contributed by atoms with Crippen molar-refractivity contribution in [2.75, 3.05) is 0 Å². The van der Waals surface area contributed by atoms with Crippen LogP contribution in [0.3, 0.4) is 0 Å². The zero-order chi connectivity index (χ0) is 9.00. The molecule has 0 atom stereocenters. The number of hydrogen-bond acceptors (Lipinski definition) is 4. The molecule has 20 heteroatoms. The summed E-state index contributed by atoms with van der Waals surface area (Å²) in [5, 5.41) is 0. The molecular weight excluding hydrogens is 503 g/mol. The molecule has 0 saturated heterocycles. The summed E-state index contributed by atoms with van der Waals surface area (Å²) in [5.41, 5.74) is 0. The first-order chi connectivity index (χ1) is 4.00. The maximum Gasteiger partial charge on any atom is 0.394 e. The van der Waals surface area contributed by atoms with Crippen LogP contribution in [0.4, 0.5) is 0 Å². The van der Waals surface area contributed by atoms with Gasteiger partial charge in [-0.1, -0.05) is 0 Å². The molecule has 0 bridgehead atoms. The van der Waals surface area contributed by atoms with Gasteiger partial charge in [0.1, 0.15) is 0 Å². The molecule has 16 nitrogen and oxygen atoms in total. The van der Waals surface area contributed by atoms with Crippen molar-refractivity contribution in [3.05, 3.63) is 0 Å². The van der Waals surface area contributed by atoms with Crippen LogP contribution in [0.5, 0.6) is 0 Å². The third-order valence-electron chi connectivity index (χ3n) is 0. The van der Waals surface area contributed by atoms with Gasteiger partial charge in [0.25, 0.3) is 0 Å². The molecule has 20 N–H and O–H groups in total.